The van der Waals surface area contributed by atoms with Crippen molar-refractivity contribution in [1.29, 1.82) is 0 Å². The Kier molecular flexibility index (Phi) is 5.33. The number of carbonyl (C=O) groups is 1. The Bertz CT molecular complexity index is 713. The van der Waals surface area contributed by atoms with Crippen molar-refractivity contribution in [3.63, 3.8) is 0 Å². The molecule has 24 heavy (non-hydrogen) atoms. The van der Waals surface area contributed by atoms with Crippen LogP contribution in [0, 0.1) is 12.8 Å². The number of benzene rings is 1. The first kappa shape index (κ1) is 16.7. The lowest BCUT2D eigenvalue weighted by molar-refractivity contribution is -0.122. The lowest BCUT2D eigenvalue weighted by atomic mass is 9.99. The summed E-state index contributed by atoms with van der Waals surface area (Å²) in [6, 6.07) is 9.45. The predicted octanol–water partition coefficient (Wildman–Crippen LogP) is 4.15. The van der Waals surface area contributed by atoms with Gasteiger partial charge in [-0.05, 0) is 49.6 Å². The number of hydrogen-bond acceptors (Lipinski definition) is 4. The van der Waals surface area contributed by atoms with Crippen LogP contribution in [0.15, 0.2) is 36.5 Å². The van der Waals surface area contributed by atoms with Crippen molar-refractivity contribution in [1.82, 2.24) is 4.98 Å². The van der Waals surface area contributed by atoms with Crippen molar-refractivity contribution in [2.75, 3.05) is 23.8 Å². The van der Waals surface area contributed by atoms with Gasteiger partial charge in [-0.15, -0.1) is 0 Å². The van der Waals surface area contributed by atoms with E-state index in [1.165, 1.54) is 0 Å². The van der Waals surface area contributed by atoms with Gasteiger partial charge in [-0.3, -0.25) is 4.79 Å². The molecule has 0 spiro atoms. The quantitative estimate of drug-likeness (QED) is 0.873. The Balaban J connectivity index is 1.60. The molecule has 2 aromatic rings. The Morgan fingerprint density at radius 1 is 1.21 bits per heavy atom. The average Bonchev–Trinajstić information content (AvgIpc) is 2.61. The van der Waals surface area contributed by atoms with Gasteiger partial charge in [0.15, 0.2) is 0 Å². The maximum atomic E-state index is 12.2. The standard InChI is InChI=1S/C18H20ClN3O2/c1-12-2-3-14(10-16(12)19)21-15-4-5-17(20-11-15)22-18(23)13-6-8-24-9-7-13/h2-5,10-11,13,21H,6-9H2,1H3,(H,20,22,23). The molecule has 1 aromatic carbocycles. The Morgan fingerprint density at radius 3 is 2.62 bits per heavy atom. The Labute approximate surface area is 146 Å². The number of rotatable bonds is 4. The first-order valence-electron chi connectivity index (χ1n) is 7.99. The molecule has 1 saturated heterocycles. The Hall–Kier alpha value is -2.11. The van der Waals surface area contributed by atoms with E-state index in [2.05, 4.69) is 15.6 Å². The molecule has 1 aliphatic heterocycles. The molecular weight excluding hydrogens is 326 g/mol. The number of aryl methyl sites for hydroxylation is 1. The molecule has 0 atom stereocenters. The van der Waals surface area contributed by atoms with Gasteiger partial charge in [0.25, 0.3) is 0 Å². The van der Waals surface area contributed by atoms with Crippen molar-refractivity contribution < 1.29 is 9.53 Å². The summed E-state index contributed by atoms with van der Waals surface area (Å²) in [6.45, 7) is 3.25. The van der Waals surface area contributed by atoms with Gasteiger partial charge in [0.2, 0.25) is 5.91 Å². The van der Waals surface area contributed by atoms with Crippen LogP contribution in [0.1, 0.15) is 18.4 Å². The fourth-order valence-corrected chi connectivity index (χ4v) is 2.75. The monoisotopic (exact) mass is 345 g/mol. The zero-order chi connectivity index (χ0) is 16.9. The molecule has 5 nitrogen and oxygen atoms in total. The van der Waals surface area contributed by atoms with Crippen LogP contribution < -0.4 is 10.6 Å². The number of nitrogens with zero attached hydrogens (tertiary/aromatic N) is 1. The van der Waals surface area contributed by atoms with Crippen LogP contribution in [0.3, 0.4) is 0 Å². The fourth-order valence-electron chi connectivity index (χ4n) is 2.57. The third-order valence-electron chi connectivity index (χ3n) is 4.07. The molecule has 1 fully saturated rings. The van der Waals surface area contributed by atoms with Gasteiger partial charge < -0.3 is 15.4 Å². The van der Waals surface area contributed by atoms with Crippen LogP contribution >= 0.6 is 11.6 Å². The van der Waals surface area contributed by atoms with Crippen LogP contribution in [0.5, 0.6) is 0 Å². The third-order valence-corrected chi connectivity index (χ3v) is 4.47. The summed E-state index contributed by atoms with van der Waals surface area (Å²) in [5.41, 5.74) is 2.76. The van der Waals surface area contributed by atoms with E-state index in [1.54, 1.807) is 12.3 Å². The summed E-state index contributed by atoms with van der Waals surface area (Å²) in [5, 5.41) is 6.82. The van der Waals surface area contributed by atoms with Crippen LogP contribution in [-0.4, -0.2) is 24.1 Å². The van der Waals surface area contributed by atoms with E-state index in [1.807, 2.05) is 31.2 Å². The number of hydrogen-bond donors (Lipinski definition) is 2. The number of nitrogens with one attached hydrogen (secondary N) is 2. The summed E-state index contributed by atoms with van der Waals surface area (Å²) in [7, 11) is 0. The lowest BCUT2D eigenvalue weighted by Gasteiger charge is -2.20. The first-order valence-corrected chi connectivity index (χ1v) is 8.37. The maximum absolute atomic E-state index is 12.2. The molecule has 6 heteroatoms. The van der Waals surface area contributed by atoms with Gasteiger partial charge in [-0.2, -0.15) is 0 Å². The molecule has 126 valence electrons. The molecule has 1 amide bonds. The number of carbonyl (C=O) groups excluding carboxylic acids is 1. The van der Waals surface area contributed by atoms with E-state index >= 15 is 0 Å². The zero-order valence-electron chi connectivity index (χ0n) is 13.5. The summed E-state index contributed by atoms with van der Waals surface area (Å²) in [6.07, 6.45) is 3.21. The third kappa shape index (κ3) is 4.24. The summed E-state index contributed by atoms with van der Waals surface area (Å²) in [4.78, 5) is 16.5. The van der Waals surface area contributed by atoms with E-state index < -0.39 is 0 Å². The molecule has 1 aliphatic rings. The topological polar surface area (TPSA) is 63.2 Å². The van der Waals surface area contributed by atoms with Gasteiger partial charge in [-0.1, -0.05) is 17.7 Å². The van der Waals surface area contributed by atoms with Crippen LogP contribution in [0.2, 0.25) is 5.02 Å². The van der Waals surface area contributed by atoms with Crippen LogP contribution in [-0.2, 0) is 9.53 Å². The fraction of sp³-hybridized carbons (Fsp3) is 0.333. The molecule has 0 radical (unpaired) electrons. The van der Waals surface area contributed by atoms with E-state index in [0.717, 1.165) is 29.8 Å². The van der Waals surface area contributed by atoms with E-state index in [-0.39, 0.29) is 11.8 Å². The highest BCUT2D eigenvalue weighted by atomic mass is 35.5. The second kappa shape index (κ2) is 7.64. The Morgan fingerprint density at radius 2 is 1.96 bits per heavy atom. The van der Waals surface area contributed by atoms with Gasteiger partial charge in [0.1, 0.15) is 5.82 Å². The van der Waals surface area contributed by atoms with Gasteiger partial charge in [0, 0.05) is 29.8 Å². The minimum absolute atomic E-state index is 0.00746. The number of ether oxygens (including phenoxy) is 1. The van der Waals surface area contributed by atoms with Crippen LogP contribution in [0.25, 0.3) is 0 Å². The highest BCUT2D eigenvalue weighted by Crippen LogP contribution is 2.23. The van der Waals surface area contributed by atoms with Crippen molar-refractivity contribution in [3.05, 3.63) is 47.1 Å². The lowest BCUT2D eigenvalue weighted by Crippen LogP contribution is -2.28. The molecule has 3 rings (SSSR count). The molecule has 0 saturated carbocycles. The summed E-state index contributed by atoms with van der Waals surface area (Å²) < 4.78 is 5.27. The number of halogens is 1. The minimum Gasteiger partial charge on any atom is -0.381 e. The summed E-state index contributed by atoms with van der Waals surface area (Å²) in [5.74, 6) is 0.573. The number of anilines is 3. The molecule has 2 heterocycles. The predicted molar refractivity (Wildman–Crippen MR) is 95.9 cm³/mol. The highest BCUT2D eigenvalue weighted by molar-refractivity contribution is 6.31. The van der Waals surface area contributed by atoms with E-state index in [9.17, 15) is 4.79 Å². The number of pyridine rings is 1. The van der Waals surface area contributed by atoms with E-state index in [0.29, 0.717) is 24.1 Å². The molecule has 0 unspecified atom stereocenters. The molecule has 0 bridgehead atoms. The van der Waals surface area contributed by atoms with Crippen molar-refractivity contribution in [2.45, 2.75) is 19.8 Å². The highest BCUT2D eigenvalue weighted by Gasteiger charge is 2.21. The normalized spacial score (nSPS) is 15.1. The van der Waals surface area contributed by atoms with Crippen molar-refractivity contribution in [2.24, 2.45) is 5.92 Å². The van der Waals surface area contributed by atoms with Gasteiger partial charge in [-0.25, -0.2) is 4.98 Å². The minimum atomic E-state index is 0.00746. The molecule has 2 N–H and O–H groups in total. The zero-order valence-corrected chi connectivity index (χ0v) is 14.3. The second-order valence-corrected chi connectivity index (χ2v) is 6.30. The second-order valence-electron chi connectivity index (χ2n) is 5.90. The molecule has 1 aromatic heterocycles. The van der Waals surface area contributed by atoms with Gasteiger partial charge in [0.05, 0.1) is 11.9 Å². The van der Waals surface area contributed by atoms with Crippen molar-refractivity contribution >= 4 is 34.7 Å². The first-order chi connectivity index (χ1) is 11.6. The van der Waals surface area contributed by atoms with E-state index in [4.69, 9.17) is 16.3 Å². The molecule has 0 aliphatic carbocycles. The maximum Gasteiger partial charge on any atom is 0.228 e. The van der Waals surface area contributed by atoms with Crippen molar-refractivity contribution in [3.8, 4) is 0 Å². The van der Waals surface area contributed by atoms with Crippen LogP contribution in [0.4, 0.5) is 17.2 Å². The summed E-state index contributed by atoms with van der Waals surface area (Å²) >= 11 is 6.12. The average molecular weight is 346 g/mol. The number of amides is 1. The SMILES string of the molecule is Cc1ccc(Nc2ccc(NC(=O)C3CCOCC3)nc2)cc1Cl. The largest absolute Gasteiger partial charge is 0.381 e. The number of aromatic nitrogens is 1. The molecular formula is C18H20ClN3O2. The smallest absolute Gasteiger partial charge is 0.228 e. The van der Waals surface area contributed by atoms with Gasteiger partial charge >= 0.3 is 0 Å².